The number of hydrogen-bond donors (Lipinski definition) is 2. The van der Waals surface area contributed by atoms with Crippen molar-refractivity contribution in [1.82, 2.24) is 0 Å². The lowest BCUT2D eigenvalue weighted by molar-refractivity contribution is -0.300. The van der Waals surface area contributed by atoms with Gasteiger partial charge in [0.25, 0.3) is 0 Å². The molecule has 160 valence electrons. The Hall–Kier alpha value is -0.763. The first-order chi connectivity index (χ1) is 12.7. The van der Waals surface area contributed by atoms with Gasteiger partial charge in [-0.2, -0.15) is 0 Å². The predicted octanol–water partition coefficient (Wildman–Crippen LogP) is 3.80. The van der Waals surface area contributed by atoms with E-state index in [2.05, 4.69) is 54.3 Å². The summed E-state index contributed by atoms with van der Waals surface area (Å²) in [6, 6.07) is 0. The number of rotatable bonds is 6. The van der Waals surface area contributed by atoms with Crippen LogP contribution in [0.3, 0.4) is 0 Å². The van der Waals surface area contributed by atoms with E-state index in [9.17, 15) is 10.2 Å². The monoisotopic (exact) mass is 410 g/mol. The van der Waals surface area contributed by atoms with Crippen LogP contribution in [-0.2, 0) is 13.9 Å². The number of ether oxygens (including phenoxy) is 2. The Bertz CT molecular complexity index is 634. The molecule has 5 nitrogen and oxygen atoms in total. The average molecular weight is 411 g/mol. The SMILES string of the molecule is C=C/C=C(/CO)[C@@H]1C2(C=C[C@@]1(O)CO[Si](C)(C)C(C)(C)C)OCC(C)(C)CO2. The molecular weight excluding hydrogens is 372 g/mol. The first-order valence-corrected chi connectivity index (χ1v) is 12.9. The Balaban J connectivity index is 2.37. The van der Waals surface area contributed by atoms with Crippen molar-refractivity contribution in [2.24, 2.45) is 11.3 Å². The first-order valence-electron chi connectivity index (χ1n) is 9.99. The van der Waals surface area contributed by atoms with E-state index in [1.54, 1.807) is 24.3 Å². The molecule has 0 unspecified atom stereocenters. The molecule has 0 bridgehead atoms. The third-order valence-corrected chi connectivity index (χ3v) is 10.7. The van der Waals surface area contributed by atoms with Crippen LogP contribution in [0.4, 0.5) is 0 Å². The molecule has 0 aromatic rings. The minimum atomic E-state index is -2.07. The second kappa shape index (κ2) is 7.82. The Morgan fingerprint density at radius 3 is 2.29 bits per heavy atom. The van der Waals surface area contributed by atoms with Crippen LogP contribution < -0.4 is 0 Å². The first kappa shape index (κ1) is 23.5. The highest BCUT2D eigenvalue weighted by atomic mass is 28.4. The molecule has 1 saturated heterocycles. The number of aliphatic hydroxyl groups excluding tert-OH is 1. The van der Waals surface area contributed by atoms with Crippen molar-refractivity contribution < 1.29 is 24.1 Å². The summed E-state index contributed by atoms with van der Waals surface area (Å²) < 4.78 is 18.7. The summed E-state index contributed by atoms with van der Waals surface area (Å²) >= 11 is 0. The third-order valence-electron chi connectivity index (χ3n) is 6.24. The fourth-order valence-electron chi connectivity index (χ4n) is 3.38. The topological polar surface area (TPSA) is 68.2 Å². The Morgan fingerprint density at radius 1 is 1.25 bits per heavy atom. The van der Waals surface area contributed by atoms with Gasteiger partial charge in [0, 0.05) is 5.41 Å². The normalized spacial score (nSPS) is 30.0. The molecule has 2 aliphatic rings. The summed E-state index contributed by atoms with van der Waals surface area (Å²) in [5.74, 6) is -1.72. The molecule has 1 spiro atoms. The number of hydrogen-bond acceptors (Lipinski definition) is 5. The van der Waals surface area contributed by atoms with Gasteiger partial charge in [-0.1, -0.05) is 53.3 Å². The largest absolute Gasteiger partial charge is 0.414 e. The van der Waals surface area contributed by atoms with E-state index in [1.165, 1.54) is 0 Å². The van der Waals surface area contributed by atoms with Crippen molar-refractivity contribution in [3.05, 3.63) is 36.5 Å². The fourth-order valence-corrected chi connectivity index (χ4v) is 4.40. The van der Waals surface area contributed by atoms with Gasteiger partial charge in [-0.05, 0) is 35.9 Å². The molecule has 0 aromatic heterocycles. The van der Waals surface area contributed by atoms with Gasteiger partial charge in [0.2, 0.25) is 0 Å². The van der Waals surface area contributed by atoms with Gasteiger partial charge in [0.15, 0.2) is 14.1 Å². The van der Waals surface area contributed by atoms with E-state index < -0.39 is 25.6 Å². The van der Waals surface area contributed by atoms with Gasteiger partial charge in [0.1, 0.15) is 5.60 Å². The highest BCUT2D eigenvalue weighted by Crippen LogP contribution is 2.49. The molecule has 1 fully saturated rings. The Kier molecular flexibility index (Phi) is 6.56. The Labute approximate surface area is 171 Å². The minimum Gasteiger partial charge on any atom is -0.414 e. The van der Waals surface area contributed by atoms with Gasteiger partial charge in [0.05, 0.1) is 32.3 Å². The van der Waals surface area contributed by atoms with Crippen LogP contribution in [0.25, 0.3) is 0 Å². The molecule has 1 aliphatic carbocycles. The van der Waals surface area contributed by atoms with Gasteiger partial charge < -0.3 is 24.1 Å². The maximum absolute atomic E-state index is 11.6. The summed E-state index contributed by atoms with van der Waals surface area (Å²) in [4.78, 5) is 0. The van der Waals surface area contributed by atoms with Crippen molar-refractivity contribution in [3.8, 4) is 0 Å². The molecule has 28 heavy (non-hydrogen) atoms. The molecule has 0 radical (unpaired) electrons. The maximum Gasteiger partial charge on any atom is 0.197 e. The third kappa shape index (κ3) is 4.53. The zero-order valence-corrected chi connectivity index (χ0v) is 19.5. The van der Waals surface area contributed by atoms with Crippen molar-refractivity contribution in [3.63, 3.8) is 0 Å². The van der Waals surface area contributed by atoms with Crippen molar-refractivity contribution in [2.75, 3.05) is 26.4 Å². The van der Waals surface area contributed by atoms with Crippen LogP contribution in [0.15, 0.2) is 36.5 Å². The van der Waals surface area contributed by atoms with Crippen LogP contribution in [0, 0.1) is 11.3 Å². The smallest absolute Gasteiger partial charge is 0.197 e. The molecule has 1 heterocycles. The van der Waals surface area contributed by atoms with E-state index in [4.69, 9.17) is 13.9 Å². The molecule has 2 rings (SSSR count). The zero-order valence-electron chi connectivity index (χ0n) is 18.5. The predicted molar refractivity (Wildman–Crippen MR) is 115 cm³/mol. The zero-order chi connectivity index (χ0) is 21.4. The van der Waals surface area contributed by atoms with Crippen molar-refractivity contribution in [1.29, 1.82) is 0 Å². The molecular formula is C22H38O5Si. The summed E-state index contributed by atoms with van der Waals surface area (Å²) in [6.45, 7) is 19.6. The summed E-state index contributed by atoms with van der Waals surface area (Å²) in [5, 5.41) is 21.7. The molecule has 0 saturated carbocycles. The van der Waals surface area contributed by atoms with Crippen LogP contribution in [0.2, 0.25) is 18.1 Å². The van der Waals surface area contributed by atoms with E-state index in [1.807, 2.05) is 0 Å². The molecule has 2 N–H and O–H groups in total. The Morgan fingerprint density at radius 2 is 1.82 bits per heavy atom. The summed E-state index contributed by atoms with van der Waals surface area (Å²) in [5.41, 5.74) is -0.834. The highest BCUT2D eigenvalue weighted by Gasteiger charge is 2.59. The average Bonchev–Trinajstić information content (AvgIpc) is 2.87. The van der Waals surface area contributed by atoms with Crippen LogP contribution in [0.5, 0.6) is 0 Å². The van der Waals surface area contributed by atoms with Crippen molar-refractivity contribution >= 4 is 8.32 Å². The molecule has 1 aliphatic heterocycles. The van der Waals surface area contributed by atoms with E-state index in [0.29, 0.717) is 18.8 Å². The minimum absolute atomic E-state index is 0.0253. The van der Waals surface area contributed by atoms with E-state index in [0.717, 1.165) is 0 Å². The second-order valence-corrected chi connectivity index (χ2v) is 15.2. The van der Waals surface area contributed by atoms with Crippen LogP contribution in [0.1, 0.15) is 34.6 Å². The van der Waals surface area contributed by atoms with E-state index >= 15 is 0 Å². The van der Waals surface area contributed by atoms with Crippen LogP contribution >= 0.6 is 0 Å². The second-order valence-electron chi connectivity index (χ2n) is 10.4. The molecule has 2 atom stereocenters. The van der Waals surface area contributed by atoms with Crippen molar-refractivity contribution in [2.45, 2.75) is 64.1 Å². The fraction of sp³-hybridized carbons (Fsp3) is 0.727. The van der Waals surface area contributed by atoms with Gasteiger partial charge in [-0.25, -0.2) is 0 Å². The highest BCUT2D eigenvalue weighted by molar-refractivity contribution is 6.74. The summed E-state index contributed by atoms with van der Waals surface area (Å²) in [6.07, 6.45) is 6.84. The van der Waals surface area contributed by atoms with Gasteiger partial charge in [-0.15, -0.1) is 0 Å². The van der Waals surface area contributed by atoms with Crippen LogP contribution in [-0.4, -0.2) is 56.3 Å². The molecule has 6 heteroatoms. The quantitative estimate of drug-likeness (QED) is 0.396. The summed E-state index contributed by atoms with van der Waals surface area (Å²) in [7, 11) is -2.07. The number of allylic oxidation sites excluding steroid dienone is 2. The van der Waals surface area contributed by atoms with E-state index in [-0.39, 0.29) is 23.7 Å². The lowest BCUT2D eigenvalue weighted by Gasteiger charge is -2.47. The van der Waals surface area contributed by atoms with Gasteiger partial charge in [-0.3, -0.25) is 0 Å². The number of aliphatic hydroxyl groups is 2. The molecule has 0 amide bonds. The maximum atomic E-state index is 11.6. The molecule has 0 aromatic carbocycles. The standard InChI is InChI=1S/C22H38O5Si/c1-9-10-17(13-23)18-21(24,16-27-28(7,8)19(2,3)4)11-12-22(18)25-14-20(5,6)15-26-22/h9-12,18,23-24H,1,13-16H2,2-8H3/b17-10-/t18-,21+/m0/s1. The lowest BCUT2D eigenvalue weighted by Crippen LogP contribution is -2.57. The van der Waals surface area contributed by atoms with Gasteiger partial charge >= 0.3 is 0 Å². The lowest BCUT2D eigenvalue weighted by atomic mass is 9.80.